The van der Waals surface area contributed by atoms with Crippen molar-refractivity contribution in [1.82, 2.24) is 0 Å². The Balaban J connectivity index is 2.39. The molecule has 1 aromatic carbocycles. The molecule has 1 aliphatic carbocycles. The Labute approximate surface area is 85.5 Å². The summed E-state index contributed by atoms with van der Waals surface area (Å²) in [6.45, 7) is 1.64. The van der Waals surface area contributed by atoms with Crippen LogP contribution in [0.1, 0.15) is 18.9 Å². The zero-order chi connectivity index (χ0) is 11.2. The Hall–Kier alpha value is -1.45. The molecule has 1 fully saturated rings. The second-order valence-corrected chi connectivity index (χ2v) is 4.14. The van der Waals surface area contributed by atoms with E-state index in [1.54, 1.807) is 6.92 Å². The summed E-state index contributed by atoms with van der Waals surface area (Å²) >= 11 is 0. The van der Waals surface area contributed by atoms with Crippen molar-refractivity contribution < 1.29 is 18.7 Å². The highest BCUT2D eigenvalue weighted by atomic mass is 19.1. The lowest BCUT2D eigenvalue weighted by Gasteiger charge is -2.11. The minimum Gasteiger partial charge on any atom is -0.481 e. The zero-order valence-electron chi connectivity index (χ0n) is 8.13. The standard InChI is InChI=1S/C11H10F2O2/c1-11(5-8(11)10(14)15)7-4-6(12)2-3-9(7)13/h2-4,8H,5H2,1H3,(H,14,15)/t8-,11+/m0/s1. The fraction of sp³-hybridized carbons (Fsp3) is 0.364. The van der Waals surface area contributed by atoms with E-state index in [0.717, 1.165) is 18.2 Å². The lowest BCUT2D eigenvalue weighted by molar-refractivity contribution is -0.138. The lowest BCUT2D eigenvalue weighted by atomic mass is 9.95. The molecule has 2 atom stereocenters. The van der Waals surface area contributed by atoms with Gasteiger partial charge in [-0.15, -0.1) is 0 Å². The Bertz CT molecular complexity index is 431. The number of carbonyl (C=O) groups is 1. The Morgan fingerprint density at radius 3 is 2.73 bits per heavy atom. The number of hydrogen-bond acceptors (Lipinski definition) is 1. The van der Waals surface area contributed by atoms with E-state index in [9.17, 15) is 13.6 Å². The van der Waals surface area contributed by atoms with Crippen LogP contribution in [0.25, 0.3) is 0 Å². The van der Waals surface area contributed by atoms with E-state index >= 15 is 0 Å². The summed E-state index contributed by atoms with van der Waals surface area (Å²) in [6, 6.07) is 3.14. The van der Waals surface area contributed by atoms with Gasteiger partial charge in [-0.3, -0.25) is 4.79 Å². The molecule has 1 aromatic rings. The molecule has 4 heteroatoms. The minimum atomic E-state index is -0.957. The van der Waals surface area contributed by atoms with E-state index in [4.69, 9.17) is 5.11 Å². The average molecular weight is 212 g/mol. The summed E-state index contributed by atoms with van der Waals surface area (Å²) in [5.41, 5.74) is -0.590. The topological polar surface area (TPSA) is 37.3 Å². The van der Waals surface area contributed by atoms with Gasteiger partial charge in [0.15, 0.2) is 0 Å². The molecular formula is C11H10F2O2. The summed E-state index contributed by atoms with van der Waals surface area (Å²) in [4.78, 5) is 10.7. The van der Waals surface area contributed by atoms with Gasteiger partial charge < -0.3 is 5.11 Å². The van der Waals surface area contributed by atoms with Crippen molar-refractivity contribution in [2.75, 3.05) is 0 Å². The smallest absolute Gasteiger partial charge is 0.307 e. The third kappa shape index (κ3) is 1.50. The van der Waals surface area contributed by atoms with Crippen molar-refractivity contribution in [3.63, 3.8) is 0 Å². The Morgan fingerprint density at radius 1 is 1.53 bits per heavy atom. The molecule has 0 heterocycles. The van der Waals surface area contributed by atoms with Gasteiger partial charge in [0.2, 0.25) is 0 Å². The fourth-order valence-electron chi connectivity index (χ4n) is 1.96. The van der Waals surface area contributed by atoms with Gasteiger partial charge in [0.25, 0.3) is 0 Å². The van der Waals surface area contributed by atoms with Crippen LogP contribution in [0.4, 0.5) is 8.78 Å². The third-order valence-corrected chi connectivity index (χ3v) is 3.08. The van der Waals surface area contributed by atoms with Gasteiger partial charge in [-0.05, 0) is 30.2 Å². The molecule has 0 saturated heterocycles. The third-order valence-electron chi connectivity index (χ3n) is 3.08. The molecule has 0 bridgehead atoms. The van der Waals surface area contributed by atoms with E-state index in [1.807, 2.05) is 0 Å². The Morgan fingerprint density at radius 2 is 2.20 bits per heavy atom. The van der Waals surface area contributed by atoms with Gasteiger partial charge in [0, 0.05) is 5.41 Å². The van der Waals surface area contributed by atoms with Crippen LogP contribution in [0.2, 0.25) is 0 Å². The molecule has 2 rings (SSSR count). The molecule has 0 radical (unpaired) electrons. The Kier molecular flexibility index (Phi) is 2.03. The molecule has 1 saturated carbocycles. The average Bonchev–Trinajstić information content (AvgIpc) is 2.84. The van der Waals surface area contributed by atoms with Gasteiger partial charge in [0.05, 0.1) is 5.92 Å². The molecule has 0 unspecified atom stereocenters. The molecule has 0 aromatic heterocycles. The van der Waals surface area contributed by atoms with E-state index in [2.05, 4.69) is 0 Å². The molecule has 80 valence electrons. The summed E-state index contributed by atoms with van der Waals surface area (Å²) < 4.78 is 26.3. The highest BCUT2D eigenvalue weighted by Crippen LogP contribution is 2.54. The van der Waals surface area contributed by atoms with Crippen molar-refractivity contribution in [1.29, 1.82) is 0 Å². The maximum absolute atomic E-state index is 13.4. The van der Waals surface area contributed by atoms with Crippen molar-refractivity contribution in [3.8, 4) is 0 Å². The maximum atomic E-state index is 13.4. The first-order valence-electron chi connectivity index (χ1n) is 4.63. The second-order valence-electron chi connectivity index (χ2n) is 4.14. The number of hydrogen-bond donors (Lipinski definition) is 1. The second kappa shape index (κ2) is 3.02. The van der Waals surface area contributed by atoms with Crippen LogP contribution in [-0.2, 0) is 10.2 Å². The molecule has 2 nitrogen and oxygen atoms in total. The lowest BCUT2D eigenvalue weighted by Crippen LogP contribution is -2.13. The zero-order valence-corrected chi connectivity index (χ0v) is 8.13. The molecule has 1 aliphatic rings. The van der Waals surface area contributed by atoms with Gasteiger partial charge in [0.1, 0.15) is 11.6 Å². The highest BCUT2D eigenvalue weighted by Gasteiger charge is 2.57. The van der Waals surface area contributed by atoms with Crippen LogP contribution in [0, 0.1) is 17.6 Å². The largest absolute Gasteiger partial charge is 0.481 e. The van der Waals surface area contributed by atoms with Gasteiger partial charge >= 0.3 is 5.97 Å². The van der Waals surface area contributed by atoms with Crippen LogP contribution in [-0.4, -0.2) is 11.1 Å². The number of carboxylic acid groups (broad SMARTS) is 1. The SMILES string of the molecule is C[C@]1(c2cc(F)ccc2F)C[C@H]1C(=O)O. The van der Waals surface area contributed by atoms with E-state index in [-0.39, 0.29) is 5.56 Å². The normalized spacial score (nSPS) is 28.9. The summed E-state index contributed by atoms with van der Waals surface area (Å²) in [7, 11) is 0. The van der Waals surface area contributed by atoms with Crippen LogP contribution >= 0.6 is 0 Å². The van der Waals surface area contributed by atoms with Crippen molar-refractivity contribution in [2.45, 2.75) is 18.8 Å². The van der Waals surface area contributed by atoms with Crippen LogP contribution in [0.5, 0.6) is 0 Å². The summed E-state index contributed by atoms with van der Waals surface area (Å²) in [6.07, 6.45) is 0.364. The summed E-state index contributed by atoms with van der Waals surface area (Å²) in [5, 5.41) is 8.79. The number of halogens is 2. The maximum Gasteiger partial charge on any atom is 0.307 e. The number of carboxylic acids is 1. The van der Waals surface area contributed by atoms with Crippen molar-refractivity contribution in [2.24, 2.45) is 5.92 Å². The quantitative estimate of drug-likeness (QED) is 0.816. The molecular weight excluding hydrogens is 202 g/mol. The monoisotopic (exact) mass is 212 g/mol. The predicted octanol–water partition coefficient (Wildman–Crippen LogP) is 2.33. The van der Waals surface area contributed by atoms with Crippen LogP contribution in [0.3, 0.4) is 0 Å². The summed E-state index contributed by atoms with van der Waals surface area (Å²) in [5.74, 6) is -2.64. The molecule has 1 N–H and O–H groups in total. The fourth-order valence-corrected chi connectivity index (χ4v) is 1.96. The predicted molar refractivity (Wildman–Crippen MR) is 49.5 cm³/mol. The molecule has 0 aliphatic heterocycles. The number of rotatable bonds is 2. The van der Waals surface area contributed by atoms with E-state index in [1.165, 1.54) is 0 Å². The highest BCUT2D eigenvalue weighted by molar-refractivity contribution is 5.77. The van der Waals surface area contributed by atoms with Gasteiger partial charge in [-0.25, -0.2) is 8.78 Å². The molecule has 0 spiro atoms. The van der Waals surface area contributed by atoms with E-state index in [0.29, 0.717) is 6.42 Å². The van der Waals surface area contributed by atoms with Gasteiger partial charge in [-0.1, -0.05) is 6.92 Å². The number of benzene rings is 1. The van der Waals surface area contributed by atoms with Crippen LogP contribution < -0.4 is 0 Å². The van der Waals surface area contributed by atoms with Crippen LogP contribution in [0.15, 0.2) is 18.2 Å². The van der Waals surface area contributed by atoms with Gasteiger partial charge in [-0.2, -0.15) is 0 Å². The van der Waals surface area contributed by atoms with Crippen molar-refractivity contribution in [3.05, 3.63) is 35.4 Å². The first-order valence-corrected chi connectivity index (χ1v) is 4.63. The first kappa shape index (κ1) is 10.1. The van der Waals surface area contributed by atoms with Crippen molar-refractivity contribution >= 4 is 5.97 Å². The molecule has 0 amide bonds. The number of aliphatic carboxylic acids is 1. The molecule has 15 heavy (non-hydrogen) atoms. The first-order chi connectivity index (χ1) is 6.95. The minimum absolute atomic E-state index is 0.162. The van der Waals surface area contributed by atoms with E-state index < -0.39 is 28.9 Å².